The van der Waals surface area contributed by atoms with Crippen LogP contribution in [-0.4, -0.2) is 35.4 Å². The van der Waals surface area contributed by atoms with Gasteiger partial charge in [0.15, 0.2) is 0 Å². The van der Waals surface area contributed by atoms with Gasteiger partial charge in [-0.3, -0.25) is 0 Å². The second kappa shape index (κ2) is 5.19. The maximum atomic E-state index is 12.4. The van der Waals surface area contributed by atoms with Crippen LogP contribution in [0.5, 0.6) is 0 Å². The zero-order chi connectivity index (χ0) is 13.3. The minimum atomic E-state index is -3.55. The smallest absolute Gasteiger partial charge is 0.263 e. The maximum absolute atomic E-state index is 12.4. The fourth-order valence-corrected chi connectivity index (χ4v) is 4.05. The SMILES string of the molecule is CC1CCCN(S(=O)(=O)c2ncn(C)c2Cl)CC1. The Labute approximate surface area is 113 Å². The predicted octanol–water partition coefficient (Wildman–Crippen LogP) is 1.88. The number of aryl methyl sites for hydroxylation is 1. The third-order valence-corrected chi connectivity index (χ3v) is 5.78. The number of imidazole rings is 1. The number of nitrogens with zero attached hydrogens (tertiary/aromatic N) is 3. The Hall–Kier alpha value is -0.590. The summed E-state index contributed by atoms with van der Waals surface area (Å²) in [5.74, 6) is 0.574. The number of rotatable bonds is 2. The summed E-state index contributed by atoms with van der Waals surface area (Å²) in [7, 11) is -1.87. The first-order valence-corrected chi connectivity index (χ1v) is 7.91. The molecule has 5 nitrogen and oxygen atoms in total. The van der Waals surface area contributed by atoms with Crippen molar-refractivity contribution in [1.82, 2.24) is 13.9 Å². The molecular formula is C11H18ClN3O2S. The van der Waals surface area contributed by atoms with Crippen molar-refractivity contribution in [1.29, 1.82) is 0 Å². The summed E-state index contributed by atoms with van der Waals surface area (Å²) < 4.78 is 27.9. The van der Waals surface area contributed by atoms with Crippen LogP contribution in [0.25, 0.3) is 0 Å². The molecule has 0 saturated carbocycles. The Morgan fingerprint density at radius 2 is 2.11 bits per heavy atom. The van der Waals surface area contributed by atoms with Gasteiger partial charge in [0.2, 0.25) is 5.03 Å². The molecule has 7 heteroatoms. The van der Waals surface area contributed by atoms with E-state index >= 15 is 0 Å². The Bertz CT molecular complexity index is 526. The van der Waals surface area contributed by atoms with Gasteiger partial charge in [-0.1, -0.05) is 18.5 Å². The van der Waals surface area contributed by atoms with Crippen molar-refractivity contribution in [2.75, 3.05) is 13.1 Å². The Kier molecular flexibility index (Phi) is 3.99. The molecular weight excluding hydrogens is 274 g/mol. The monoisotopic (exact) mass is 291 g/mol. The number of hydrogen-bond acceptors (Lipinski definition) is 3. The Morgan fingerprint density at radius 3 is 2.72 bits per heavy atom. The van der Waals surface area contributed by atoms with Gasteiger partial charge in [0, 0.05) is 20.1 Å². The molecule has 1 aliphatic heterocycles. The van der Waals surface area contributed by atoms with Crippen LogP contribution in [0, 0.1) is 5.92 Å². The lowest BCUT2D eigenvalue weighted by Crippen LogP contribution is -2.32. The summed E-state index contributed by atoms with van der Waals surface area (Å²) in [4.78, 5) is 3.91. The number of sulfonamides is 1. The second-order valence-electron chi connectivity index (χ2n) is 4.89. The second-order valence-corrected chi connectivity index (χ2v) is 7.10. The van der Waals surface area contributed by atoms with Crippen molar-refractivity contribution in [2.24, 2.45) is 13.0 Å². The first kappa shape index (κ1) is 13.8. The number of aromatic nitrogens is 2. The molecule has 1 fully saturated rings. The molecule has 0 spiro atoms. The van der Waals surface area contributed by atoms with Crippen LogP contribution in [-0.2, 0) is 17.1 Å². The van der Waals surface area contributed by atoms with Crippen molar-refractivity contribution in [3.63, 3.8) is 0 Å². The minimum absolute atomic E-state index is 0.0266. The fraction of sp³-hybridized carbons (Fsp3) is 0.727. The average Bonchev–Trinajstić information content (AvgIpc) is 2.53. The zero-order valence-corrected chi connectivity index (χ0v) is 12.2. The minimum Gasteiger partial charge on any atom is -0.324 e. The van der Waals surface area contributed by atoms with Crippen molar-refractivity contribution in [3.8, 4) is 0 Å². The molecule has 1 saturated heterocycles. The molecule has 0 bridgehead atoms. The van der Waals surface area contributed by atoms with Crippen molar-refractivity contribution in [3.05, 3.63) is 11.5 Å². The highest BCUT2D eigenvalue weighted by Crippen LogP contribution is 2.26. The summed E-state index contributed by atoms with van der Waals surface area (Å²) in [5.41, 5.74) is 0. The molecule has 1 aromatic heterocycles. The van der Waals surface area contributed by atoms with E-state index in [0.29, 0.717) is 19.0 Å². The largest absolute Gasteiger partial charge is 0.324 e. The molecule has 1 aromatic rings. The van der Waals surface area contributed by atoms with Crippen LogP contribution in [0.4, 0.5) is 0 Å². The predicted molar refractivity (Wildman–Crippen MR) is 70.0 cm³/mol. The van der Waals surface area contributed by atoms with Gasteiger partial charge in [-0.25, -0.2) is 13.4 Å². The Balaban J connectivity index is 2.28. The van der Waals surface area contributed by atoms with Crippen LogP contribution in [0.1, 0.15) is 26.2 Å². The molecule has 0 radical (unpaired) electrons. The van der Waals surface area contributed by atoms with E-state index in [4.69, 9.17) is 11.6 Å². The summed E-state index contributed by atoms with van der Waals surface area (Å²) in [5, 5.41) is 0.147. The summed E-state index contributed by atoms with van der Waals surface area (Å²) in [6.07, 6.45) is 4.28. The van der Waals surface area contributed by atoms with E-state index in [1.54, 1.807) is 7.05 Å². The lowest BCUT2D eigenvalue weighted by molar-refractivity contribution is 0.415. The summed E-state index contributed by atoms with van der Waals surface area (Å²) in [6.45, 7) is 3.26. The summed E-state index contributed by atoms with van der Waals surface area (Å²) in [6, 6.07) is 0. The molecule has 102 valence electrons. The van der Waals surface area contributed by atoms with E-state index < -0.39 is 10.0 Å². The topological polar surface area (TPSA) is 55.2 Å². The molecule has 0 amide bonds. The van der Waals surface area contributed by atoms with E-state index in [-0.39, 0.29) is 10.2 Å². The van der Waals surface area contributed by atoms with E-state index in [2.05, 4.69) is 11.9 Å². The molecule has 1 atom stereocenters. The summed E-state index contributed by atoms with van der Waals surface area (Å²) >= 11 is 5.98. The number of halogens is 1. The highest BCUT2D eigenvalue weighted by atomic mass is 35.5. The lowest BCUT2D eigenvalue weighted by atomic mass is 10.0. The molecule has 2 heterocycles. The van der Waals surface area contributed by atoms with Crippen molar-refractivity contribution in [2.45, 2.75) is 31.2 Å². The standard InChI is InChI=1S/C11H18ClN3O2S/c1-9-4-3-6-15(7-5-9)18(16,17)11-10(12)14(2)8-13-11/h8-9H,3-7H2,1-2H3. The van der Waals surface area contributed by atoms with Crippen LogP contribution >= 0.6 is 11.6 Å². The highest BCUT2D eigenvalue weighted by molar-refractivity contribution is 7.89. The van der Waals surface area contributed by atoms with Gasteiger partial charge < -0.3 is 4.57 Å². The first-order valence-electron chi connectivity index (χ1n) is 6.10. The highest BCUT2D eigenvalue weighted by Gasteiger charge is 2.30. The van der Waals surface area contributed by atoms with E-state index in [0.717, 1.165) is 19.3 Å². The third kappa shape index (κ3) is 2.55. The van der Waals surface area contributed by atoms with Gasteiger partial charge in [0.1, 0.15) is 5.15 Å². The molecule has 1 aliphatic rings. The molecule has 0 N–H and O–H groups in total. The van der Waals surface area contributed by atoms with E-state index in [9.17, 15) is 8.42 Å². The molecule has 18 heavy (non-hydrogen) atoms. The molecule has 1 unspecified atom stereocenters. The van der Waals surface area contributed by atoms with Gasteiger partial charge in [0.05, 0.1) is 6.33 Å². The normalized spacial score (nSPS) is 22.9. The van der Waals surface area contributed by atoms with Gasteiger partial charge in [-0.2, -0.15) is 4.31 Å². The first-order chi connectivity index (χ1) is 8.43. The quantitative estimate of drug-likeness (QED) is 0.836. The van der Waals surface area contributed by atoms with Crippen LogP contribution in [0.15, 0.2) is 11.4 Å². The van der Waals surface area contributed by atoms with Gasteiger partial charge in [-0.15, -0.1) is 0 Å². The molecule has 2 rings (SSSR count). The van der Waals surface area contributed by atoms with Crippen molar-refractivity contribution < 1.29 is 8.42 Å². The fourth-order valence-electron chi connectivity index (χ4n) is 2.17. The van der Waals surface area contributed by atoms with Crippen LogP contribution in [0.3, 0.4) is 0 Å². The number of hydrogen-bond donors (Lipinski definition) is 0. The van der Waals surface area contributed by atoms with Crippen molar-refractivity contribution >= 4 is 21.6 Å². The Morgan fingerprint density at radius 1 is 1.39 bits per heavy atom. The van der Waals surface area contributed by atoms with Crippen LogP contribution in [0.2, 0.25) is 5.15 Å². The third-order valence-electron chi connectivity index (χ3n) is 3.39. The molecule has 0 aromatic carbocycles. The maximum Gasteiger partial charge on any atom is 0.263 e. The van der Waals surface area contributed by atoms with Gasteiger partial charge in [0.25, 0.3) is 10.0 Å². The lowest BCUT2D eigenvalue weighted by Gasteiger charge is -2.18. The van der Waals surface area contributed by atoms with Gasteiger partial charge >= 0.3 is 0 Å². The van der Waals surface area contributed by atoms with Gasteiger partial charge in [-0.05, 0) is 25.2 Å². The average molecular weight is 292 g/mol. The molecule has 0 aliphatic carbocycles. The van der Waals surface area contributed by atoms with Crippen LogP contribution < -0.4 is 0 Å². The van der Waals surface area contributed by atoms with E-state index in [1.807, 2.05) is 0 Å². The zero-order valence-electron chi connectivity index (χ0n) is 10.6. The van der Waals surface area contributed by atoms with E-state index in [1.165, 1.54) is 15.2 Å².